The van der Waals surface area contributed by atoms with E-state index in [1.165, 1.54) is 31.4 Å². The van der Waals surface area contributed by atoms with Crippen LogP contribution in [0.4, 0.5) is 23.7 Å². The molecule has 122 valence electrons. The molecule has 0 aliphatic rings. The summed E-state index contributed by atoms with van der Waals surface area (Å²) in [6, 6.07) is 4.96. The van der Waals surface area contributed by atoms with Gasteiger partial charge in [0.05, 0.1) is 19.4 Å². The molecule has 0 spiro atoms. The largest absolute Gasteiger partial charge is 0.469 e. The van der Waals surface area contributed by atoms with Crippen LogP contribution in [-0.2, 0) is 16.0 Å². The van der Waals surface area contributed by atoms with Crippen LogP contribution in [0.2, 0.25) is 0 Å². The Labute approximate surface area is 125 Å². The number of urea groups is 1. The number of rotatable bonds is 5. The minimum absolute atomic E-state index is 0.0138. The number of para-hydroxylation sites is 1. The number of esters is 1. The summed E-state index contributed by atoms with van der Waals surface area (Å²) in [6.45, 7) is 1.57. The number of alkyl halides is 3. The third kappa shape index (κ3) is 6.02. The van der Waals surface area contributed by atoms with Crippen molar-refractivity contribution in [2.75, 3.05) is 19.0 Å². The Hall–Kier alpha value is -2.25. The number of ether oxygens (including phenoxy) is 1. The molecule has 5 nitrogen and oxygen atoms in total. The van der Waals surface area contributed by atoms with Crippen molar-refractivity contribution in [1.82, 2.24) is 5.32 Å². The average Bonchev–Trinajstić information content (AvgIpc) is 2.44. The SMILES string of the molecule is COC(=O)[C@H](C)CNC(=O)Nc1ccccc1CC(F)(F)F. The molecule has 1 aromatic carbocycles. The second-order valence-electron chi connectivity index (χ2n) is 4.71. The van der Waals surface area contributed by atoms with E-state index in [0.717, 1.165) is 0 Å². The normalized spacial score (nSPS) is 12.4. The molecule has 0 saturated heterocycles. The zero-order valence-corrected chi connectivity index (χ0v) is 12.2. The van der Waals surface area contributed by atoms with Crippen LogP contribution in [0.25, 0.3) is 0 Å². The molecule has 0 bridgehead atoms. The zero-order valence-electron chi connectivity index (χ0n) is 12.2. The van der Waals surface area contributed by atoms with Crippen molar-refractivity contribution in [3.05, 3.63) is 29.8 Å². The molecule has 0 radical (unpaired) electrons. The van der Waals surface area contributed by atoms with Gasteiger partial charge in [-0.05, 0) is 11.6 Å². The van der Waals surface area contributed by atoms with E-state index in [1.807, 2.05) is 0 Å². The lowest BCUT2D eigenvalue weighted by atomic mass is 10.1. The number of amides is 2. The molecular weight excluding hydrogens is 301 g/mol. The van der Waals surface area contributed by atoms with Gasteiger partial charge in [-0.1, -0.05) is 25.1 Å². The highest BCUT2D eigenvalue weighted by molar-refractivity contribution is 5.90. The highest BCUT2D eigenvalue weighted by Gasteiger charge is 2.29. The second kappa shape index (κ2) is 7.67. The summed E-state index contributed by atoms with van der Waals surface area (Å²) in [4.78, 5) is 22.9. The van der Waals surface area contributed by atoms with E-state index in [1.54, 1.807) is 6.92 Å². The van der Waals surface area contributed by atoms with Crippen LogP contribution < -0.4 is 10.6 Å². The maximum Gasteiger partial charge on any atom is 0.393 e. The molecule has 2 N–H and O–H groups in total. The maximum absolute atomic E-state index is 12.5. The van der Waals surface area contributed by atoms with Gasteiger partial charge < -0.3 is 15.4 Å². The summed E-state index contributed by atoms with van der Waals surface area (Å²) in [5, 5.41) is 4.75. The quantitative estimate of drug-likeness (QED) is 0.820. The number of hydrogen-bond acceptors (Lipinski definition) is 3. The molecule has 1 aromatic rings. The molecule has 0 heterocycles. The fourth-order valence-corrected chi connectivity index (χ4v) is 1.71. The van der Waals surface area contributed by atoms with Crippen LogP contribution in [-0.4, -0.2) is 31.8 Å². The van der Waals surface area contributed by atoms with Crippen molar-refractivity contribution in [2.45, 2.75) is 19.5 Å². The topological polar surface area (TPSA) is 67.4 Å². The van der Waals surface area contributed by atoms with Gasteiger partial charge in [-0.25, -0.2) is 4.79 Å². The first-order valence-corrected chi connectivity index (χ1v) is 6.50. The summed E-state index contributed by atoms with van der Waals surface area (Å²) >= 11 is 0. The van der Waals surface area contributed by atoms with Crippen LogP contribution in [0.3, 0.4) is 0 Å². The van der Waals surface area contributed by atoms with E-state index in [-0.39, 0.29) is 17.8 Å². The maximum atomic E-state index is 12.5. The molecule has 1 atom stereocenters. The van der Waals surface area contributed by atoms with Crippen molar-refractivity contribution < 1.29 is 27.5 Å². The number of carbonyl (C=O) groups excluding carboxylic acids is 2. The summed E-state index contributed by atoms with van der Waals surface area (Å²) in [7, 11) is 1.23. The zero-order chi connectivity index (χ0) is 16.8. The van der Waals surface area contributed by atoms with Crippen LogP contribution in [0, 0.1) is 5.92 Å². The molecule has 0 aliphatic heterocycles. The summed E-state index contributed by atoms with van der Waals surface area (Å²) in [5.41, 5.74) is 0.0363. The monoisotopic (exact) mass is 318 g/mol. The van der Waals surface area contributed by atoms with Gasteiger partial charge in [-0.2, -0.15) is 13.2 Å². The number of nitrogens with one attached hydrogen (secondary N) is 2. The molecule has 0 aromatic heterocycles. The van der Waals surface area contributed by atoms with Crippen molar-refractivity contribution in [1.29, 1.82) is 0 Å². The number of halogens is 3. The first kappa shape index (κ1) is 17.8. The highest BCUT2D eigenvalue weighted by atomic mass is 19.4. The number of hydrogen-bond donors (Lipinski definition) is 2. The van der Waals surface area contributed by atoms with Crippen molar-refractivity contribution in [2.24, 2.45) is 5.92 Å². The van der Waals surface area contributed by atoms with E-state index >= 15 is 0 Å². The minimum atomic E-state index is -4.37. The van der Waals surface area contributed by atoms with Gasteiger partial charge >= 0.3 is 18.2 Å². The lowest BCUT2D eigenvalue weighted by molar-refractivity contribution is -0.144. The molecule has 0 unspecified atom stereocenters. The van der Waals surface area contributed by atoms with Crippen LogP contribution in [0.5, 0.6) is 0 Å². The molecule has 8 heteroatoms. The third-order valence-electron chi connectivity index (χ3n) is 2.83. The second-order valence-corrected chi connectivity index (χ2v) is 4.71. The van der Waals surface area contributed by atoms with Gasteiger partial charge in [-0.3, -0.25) is 4.79 Å². The molecule has 1 rings (SSSR count). The molecule has 0 fully saturated rings. The number of carbonyl (C=O) groups is 2. The standard InChI is InChI=1S/C14H17F3N2O3/c1-9(12(20)22-2)8-18-13(21)19-11-6-4-3-5-10(11)7-14(15,16)17/h3-6,9H,7-8H2,1-2H3,(H2,18,19,21)/t9-/m1/s1. The molecule has 0 saturated carbocycles. The Kier molecular flexibility index (Phi) is 6.21. The summed E-state index contributed by atoms with van der Waals surface area (Å²) < 4.78 is 41.9. The van der Waals surface area contributed by atoms with E-state index in [2.05, 4.69) is 15.4 Å². The number of anilines is 1. The highest BCUT2D eigenvalue weighted by Crippen LogP contribution is 2.25. The summed E-state index contributed by atoms with van der Waals surface area (Å²) in [6.07, 6.45) is -5.50. The lowest BCUT2D eigenvalue weighted by Gasteiger charge is -2.14. The van der Waals surface area contributed by atoms with Gasteiger partial charge in [0.25, 0.3) is 0 Å². The lowest BCUT2D eigenvalue weighted by Crippen LogP contribution is -2.35. The molecule has 0 aliphatic carbocycles. The van der Waals surface area contributed by atoms with Crippen LogP contribution in [0.15, 0.2) is 24.3 Å². The van der Waals surface area contributed by atoms with E-state index in [4.69, 9.17) is 0 Å². The first-order valence-electron chi connectivity index (χ1n) is 6.50. The van der Waals surface area contributed by atoms with Gasteiger partial charge in [0, 0.05) is 12.2 Å². The Balaban J connectivity index is 2.63. The minimum Gasteiger partial charge on any atom is -0.469 e. The first-order chi connectivity index (χ1) is 10.2. The predicted octanol–water partition coefficient (Wildman–Crippen LogP) is 2.72. The van der Waals surface area contributed by atoms with E-state index in [9.17, 15) is 22.8 Å². The number of methoxy groups -OCH3 is 1. The average molecular weight is 318 g/mol. The van der Waals surface area contributed by atoms with Gasteiger partial charge in [-0.15, -0.1) is 0 Å². The Morgan fingerprint density at radius 2 is 1.91 bits per heavy atom. The van der Waals surface area contributed by atoms with Gasteiger partial charge in [0.15, 0.2) is 0 Å². The number of benzene rings is 1. The Morgan fingerprint density at radius 3 is 2.50 bits per heavy atom. The predicted molar refractivity (Wildman–Crippen MR) is 74.4 cm³/mol. The van der Waals surface area contributed by atoms with Gasteiger partial charge in [0.2, 0.25) is 0 Å². The Bertz CT molecular complexity index is 532. The van der Waals surface area contributed by atoms with Gasteiger partial charge in [0.1, 0.15) is 0 Å². The molecule has 2 amide bonds. The Morgan fingerprint density at radius 1 is 1.27 bits per heavy atom. The van der Waals surface area contributed by atoms with Crippen molar-refractivity contribution in [3.8, 4) is 0 Å². The van der Waals surface area contributed by atoms with E-state index < -0.39 is 30.5 Å². The molecular formula is C14H17F3N2O3. The summed E-state index contributed by atoms with van der Waals surface area (Å²) in [5.74, 6) is -1.04. The fourth-order valence-electron chi connectivity index (χ4n) is 1.71. The van der Waals surface area contributed by atoms with Crippen molar-refractivity contribution in [3.63, 3.8) is 0 Å². The van der Waals surface area contributed by atoms with Crippen LogP contribution >= 0.6 is 0 Å². The third-order valence-corrected chi connectivity index (χ3v) is 2.83. The van der Waals surface area contributed by atoms with Crippen LogP contribution in [0.1, 0.15) is 12.5 Å². The molecule has 22 heavy (non-hydrogen) atoms. The van der Waals surface area contributed by atoms with E-state index in [0.29, 0.717) is 0 Å². The fraction of sp³-hybridized carbons (Fsp3) is 0.429. The smallest absolute Gasteiger partial charge is 0.393 e. The van der Waals surface area contributed by atoms with Crippen molar-refractivity contribution >= 4 is 17.7 Å².